The number of hydrogen-bond donors (Lipinski definition) is 1. The number of carboxylic acid groups (broad SMARTS) is 1. The molecule has 0 aromatic rings. The van der Waals surface area contributed by atoms with Crippen molar-refractivity contribution in [2.24, 2.45) is 5.92 Å². The third-order valence-corrected chi connectivity index (χ3v) is 6.01. The molecule has 1 aliphatic rings. The van der Waals surface area contributed by atoms with Crippen molar-refractivity contribution in [3.8, 4) is 0 Å². The van der Waals surface area contributed by atoms with Crippen LogP contribution in [0.15, 0.2) is 0 Å². The number of carbonyl (C=O) groups is 1. The van der Waals surface area contributed by atoms with Gasteiger partial charge in [-0.1, -0.05) is 0 Å². The molecule has 1 fully saturated rings. The van der Waals surface area contributed by atoms with Crippen molar-refractivity contribution in [1.82, 2.24) is 8.61 Å². The maximum absolute atomic E-state index is 12.8. The molecule has 0 bridgehead atoms. The highest BCUT2D eigenvalue weighted by atomic mass is 32.2. The second-order valence-electron chi connectivity index (χ2n) is 5.42. The zero-order valence-electron chi connectivity index (χ0n) is 13.4. The standard InChI is InChI=1S/C13H26N2O6S/c1-11-4-5-12(13(16)17)10-15(11)22(18,19)14(6-8-20-2)7-9-21-3/h11-12H,4-10H2,1-3H3,(H,16,17). The Morgan fingerprint density at radius 2 is 1.77 bits per heavy atom. The van der Waals surface area contributed by atoms with Gasteiger partial charge in [0.25, 0.3) is 10.2 Å². The molecule has 0 saturated carbocycles. The van der Waals surface area contributed by atoms with Crippen molar-refractivity contribution >= 4 is 16.2 Å². The van der Waals surface area contributed by atoms with Gasteiger partial charge in [0.1, 0.15) is 0 Å². The van der Waals surface area contributed by atoms with Gasteiger partial charge in [-0.3, -0.25) is 4.79 Å². The second-order valence-corrected chi connectivity index (χ2v) is 7.30. The summed E-state index contributed by atoms with van der Waals surface area (Å²) in [6.07, 6.45) is 1.04. The molecular weight excluding hydrogens is 312 g/mol. The summed E-state index contributed by atoms with van der Waals surface area (Å²) in [5.74, 6) is -1.61. The van der Waals surface area contributed by atoms with Gasteiger partial charge < -0.3 is 14.6 Å². The number of nitrogens with zero attached hydrogens (tertiary/aromatic N) is 2. The lowest BCUT2D eigenvalue weighted by atomic mass is 9.96. The summed E-state index contributed by atoms with van der Waals surface area (Å²) in [7, 11) is -0.731. The maximum atomic E-state index is 12.8. The molecule has 0 aliphatic carbocycles. The van der Waals surface area contributed by atoms with E-state index in [1.165, 1.54) is 22.8 Å². The Labute approximate surface area is 132 Å². The molecular formula is C13H26N2O6S. The molecule has 1 saturated heterocycles. The van der Waals surface area contributed by atoms with E-state index < -0.39 is 22.1 Å². The van der Waals surface area contributed by atoms with Gasteiger partial charge in [-0.2, -0.15) is 17.0 Å². The van der Waals surface area contributed by atoms with Crippen LogP contribution in [0.4, 0.5) is 0 Å². The summed E-state index contributed by atoms with van der Waals surface area (Å²) in [5, 5.41) is 9.15. The first kappa shape index (κ1) is 19.3. The lowest BCUT2D eigenvalue weighted by Gasteiger charge is -2.38. The first-order valence-corrected chi connectivity index (χ1v) is 8.71. The quantitative estimate of drug-likeness (QED) is 0.636. The zero-order chi connectivity index (χ0) is 16.8. The van der Waals surface area contributed by atoms with Gasteiger partial charge in [0.05, 0.1) is 19.1 Å². The lowest BCUT2D eigenvalue weighted by Crippen LogP contribution is -2.53. The van der Waals surface area contributed by atoms with Crippen LogP contribution in [0.5, 0.6) is 0 Å². The van der Waals surface area contributed by atoms with E-state index in [0.29, 0.717) is 12.8 Å². The number of hydrogen-bond acceptors (Lipinski definition) is 5. The number of piperidine rings is 1. The normalized spacial score (nSPS) is 23.8. The Morgan fingerprint density at radius 3 is 2.23 bits per heavy atom. The molecule has 22 heavy (non-hydrogen) atoms. The van der Waals surface area contributed by atoms with Crippen LogP contribution >= 0.6 is 0 Å². The van der Waals surface area contributed by atoms with Gasteiger partial charge in [0, 0.05) is 39.9 Å². The fourth-order valence-electron chi connectivity index (χ4n) is 2.48. The molecule has 0 spiro atoms. The molecule has 1 N–H and O–H groups in total. The summed E-state index contributed by atoms with van der Waals surface area (Å²) >= 11 is 0. The number of rotatable bonds is 9. The van der Waals surface area contributed by atoms with Crippen molar-refractivity contribution < 1.29 is 27.8 Å². The summed E-state index contributed by atoms with van der Waals surface area (Å²) in [4.78, 5) is 11.2. The van der Waals surface area contributed by atoms with Gasteiger partial charge in [-0.05, 0) is 19.8 Å². The van der Waals surface area contributed by atoms with Gasteiger partial charge in [-0.25, -0.2) is 0 Å². The molecule has 130 valence electrons. The number of carboxylic acids is 1. The third-order valence-electron chi connectivity index (χ3n) is 3.89. The number of aliphatic carboxylic acids is 1. The summed E-state index contributed by atoms with van der Waals surface area (Å²) in [6, 6.07) is -0.215. The fourth-order valence-corrected chi connectivity index (χ4v) is 4.31. The minimum Gasteiger partial charge on any atom is -0.481 e. The van der Waals surface area contributed by atoms with Crippen molar-refractivity contribution in [2.45, 2.75) is 25.8 Å². The molecule has 0 radical (unpaired) electrons. The number of ether oxygens (including phenoxy) is 2. The topological polar surface area (TPSA) is 96.4 Å². The second kappa shape index (κ2) is 8.78. The highest BCUT2D eigenvalue weighted by molar-refractivity contribution is 7.86. The van der Waals surface area contributed by atoms with Crippen LogP contribution in [0.1, 0.15) is 19.8 Å². The van der Waals surface area contributed by atoms with Crippen LogP contribution in [0, 0.1) is 5.92 Å². The number of methoxy groups -OCH3 is 2. The van der Waals surface area contributed by atoms with E-state index in [4.69, 9.17) is 14.6 Å². The van der Waals surface area contributed by atoms with Crippen LogP contribution in [-0.4, -0.2) is 81.2 Å². The van der Waals surface area contributed by atoms with E-state index in [2.05, 4.69) is 0 Å². The first-order chi connectivity index (χ1) is 10.3. The molecule has 1 heterocycles. The van der Waals surface area contributed by atoms with E-state index in [1.807, 2.05) is 0 Å². The molecule has 0 amide bonds. The van der Waals surface area contributed by atoms with Crippen molar-refractivity contribution in [2.75, 3.05) is 47.1 Å². The van der Waals surface area contributed by atoms with E-state index in [0.717, 1.165) is 0 Å². The zero-order valence-corrected chi connectivity index (χ0v) is 14.2. The van der Waals surface area contributed by atoms with Gasteiger partial charge >= 0.3 is 5.97 Å². The Kier molecular flexibility index (Phi) is 7.70. The molecule has 2 unspecified atom stereocenters. The van der Waals surface area contributed by atoms with Crippen LogP contribution in [0.3, 0.4) is 0 Å². The van der Waals surface area contributed by atoms with Crippen LogP contribution in [0.25, 0.3) is 0 Å². The Balaban J connectivity index is 2.91. The lowest BCUT2D eigenvalue weighted by molar-refractivity contribution is -0.143. The predicted octanol–water partition coefficient (Wildman–Crippen LogP) is 0.0111. The van der Waals surface area contributed by atoms with Crippen molar-refractivity contribution in [3.63, 3.8) is 0 Å². The monoisotopic (exact) mass is 338 g/mol. The Morgan fingerprint density at radius 1 is 1.23 bits per heavy atom. The summed E-state index contributed by atoms with van der Waals surface area (Å²) < 4.78 is 38.2. The molecule has 0 aromatic heterocycles. The van der Waals surface area contributed by atoms with Crippen molar-refractivity contribution in [1.29, 1.82) is 0 Å². The molecule has 0 aromatic carbocycles. The molecule has 1 aliphatic heterocycles. The smallest absolute Gasteiger partial charge is 0.307 e. The van der Waals surface area contributed by atoms with Gasteiger partial charge in [0.2, 0.25) is 0 Å². The minimum absolute atomic E-state index is 0.00922. The fraction of sp³-hybridized carbons (Fsp3) is 0.923. The minimum atomic E-state index is -3.74. The van der Waals surface area contributed by atoms with Crippen molar-refractivity contribution in [3.05, 3.63) is 0 Å². The van der Waals surface area contributed by atoms with E-state index in [1.54, 1.807) is 6.92 Å². The molecule has 9 heteroatoms. The molecule has 8 nitrogen and oxygen atoms in total. The predicted molar refractivity (Wildman–Crippen MR) is 80.8 cm³/mol. The Bertz CT molecular complexity index is 447. The highest BCUT2D eigenvalue weighted by Gasteiger charge is 2.39. The van der Waals surface area contributed by atoms with E-state index in [-0.39, 0.29) is 38.9 Å². The largest absolute Gasteiger partial charge is 0.481 e. The van der Waals surface area contributed by atoms with E-state index >= 15 is 0 Å². The Hall–Kier alpha value is -0.740. The van der Waals surface area contributed by atoms with Gasteiger partial charge in [-0.15, -0.1) is 0 Å². The molecule has 2 atom stereocenters. The van der Waals surface area contributed by atoms with Crippen LogP contribution in [-0.2, 0) is 24.5 Å². The average molecular weight is 338 g/mol. The van der Waals surface area contributed by atoms with E-state index in [9.17, 15) is 13.2 Å². The molecule has 1 rings (SSSR count). The maximum Gasteiger partial charge on any atom is 0.307 e. The summed E-state index contributed by atoms with van der Waals surface area (Å²) in [6.45, 7) is 2.78. The third kappa shape index (κ3) is 4.88. The van der Waals surface area contributed by atoms with Crippen LogP contribution in [0.2, 0.25) is 0 Å². The first-order valence-electron chi connectivity index (χ1n) is 7.32. The summed E-state index contributed by atoms with van der Waals surface area (Å²) in [5.41, 5.74) is 0. The van der Waals surface area contributed by atoms with Gasteiger partial charge in [0.15, 0.2) is 0 Å². The average Bonchev–Trinajstić information content (AvgIpc) is 2.47. The SMILES string of the molecule is COCCN(CCOC)S(=O)(=O)N1CC(C(=O)O)CCC1C. The highest BCUT2D eigenvalue weighted by Crippen LogP contribution is 2.26. The van der Waals surface area contributed by atoms with Crippen LogP contribution < -0.4 is 0 Å².